The molecule has 0 aromatic carbocycles. The molecule has 2 saturated heterocycles. The standard InChI is InChI=1S/C19H22N2O3S/c22-18(16-3-9-25-14-16)21-7-4-19(5-8-21)10-17(13-24-19)23-12-15-2-1-6-20-11-15/h1-3,6,9,11,14,17H,4-5,7-8,10,12-13H2/t17-/m1/s1. The lowest BCUT2D eigenvalue weighted by molar-refractivity contribution is -0.0412. The van der Waals surface area contributed by atoms with Crippen molar-refractivity contribution < 1.29 is 14.3 Å². The van der Waals surface area contributed by atoms with Crippen molar-refractivity contribution in [3.05, 3.63) is 52.5 Å². The van der Waals surface area contributed by atoms with E-state index in [0.29, 0.717) is 13.2 Å². The van der Waals surface area contributed by atoms with Gasteiger partial charge in [0.1, 0.15) is 0 Å². The van der Waals surface area contributed by atoms with Gasteiger partial charge in [0.2, 0.25) is 0 Å². The molecule has 2 fully saturated rings. The number of piperidine rings is 1. The third kappa shape index (κ3) is 3.76. The normalized spacial score (nSPS) is 22.4. The van der Waals surface area contributed by atoms with E-state index in [1.54, 1.807) is 17.5 Å². The van der Waals surface area contributed by atoms with Crippen molar-refractivity contribution in [3.8, 4) is 0 Å². The number of aromatic nitrogens is 1. The number of carbonyl (C=O) groups is 1. The molecule has 1 spiro atoms. The fraction of sp³-hybridized carbons (Fsp3) is 0.474. The highest BCUT2D eigenvalue weighted by molar-refractivity contribution is 7.08. The van der Waals surface area contributed by atoms with E-state index in [2.05, 4.69) is 4.98 Å². The topological polar surface area (TPSA) is 51.7 Å². The highest BCUT2D eigenvalue weighted by Gasteiger charge is 2.43. The first-order chi connectivity index (χ1) is 12.2. The zero-order valence-electron chi connectivity index (χ0n) is 14.1. The minimum Gasteiger partial charge on any atom is -0.372 e. The number of ether oxygens (including phenoxy) is 2. The molecule has 2 aliphatic rings. The van der Waals surface area contributed by atoms with E-state index in [1.165, 1.54) is 0 Å². The van der Waals surface area contributed by atoms with Crippen LogP contribution in [0.25, 0.3) is 0 Å². The van der Waals surface area contributed by atoms with Gasteiger partial charge < -0.3 is 14.4 Å². The monoisotopic (exact) mass is 358 g/mol. The van der Waals surface area contributed by atoms with Crippen LogP contribution in [0.15, 0.2) is 41.4 Å². The average molecular weight is 358 g/mol. The summed E-state index contributed by atoms with van der Waals surface area (Å²) in [4.78, 5) is 18.5. The predicted molar refractivity (Wildman–Crippen MR) is 95.6 cm³/mol. The number of thiophene rings is 1. The molecule has 0 N–H and O–H groups in total. The largest absolute Gasteiger partial charge is 0.372 e. The highest BCUT2D eigenvalue weighted by Crippen LogP contribution is 2.37. The molecule has 5 nitrogen and oxygen atoms in total. The summed E-state index contributed by atoms with van der Waals surface area (Å²) in [6, 6.07) is 5.84. The van der Waals surface area contributed by atoms with Crippen LogP contribution in [0.2, 0.25) is 0 Å². The van der Waals surface area contributed by atoms with Gasteiger partial charge in [0, 0.05) is 37.3 Å². The highest BCUT2D eigenvalue weighted by atomic mass is 32.1. The van der Waals surface area contributed by atoms with Gasteiger partial charge in [0.05, 0.1) is 30.5 Å². The maximum absolute atomic E-state index is 12.4. The molecule has 0 radical (unpaired) electrons. The zero-order chi connectivity index (χ0) is 17.1. The van der Waals surface area contributed by atoms with Crippen LogP contribution in [0.3, 0.4) is 0 Å². The second-order valence-electron chi connectivity index (χ2n) is 6.80. The number of hydrogen-bond donors (Lipinski definition) is 0. The average Bonchev–Trinajstić information content (AvgIpc) is 3.32. The Morgan fingerprint density at radius 3 is 3.00 bits per heavy atom. The minimum absolute atomic E-state index is 0.120. The van der Waals surface area contributed by atoms with Gasteiger partial charge in [0.25, 0.3) is 5.91 Å². The molecule has 1 amide bonds. The summed E-state index contributed by atoms with van der Waals surface area (Å²) in [5.74, 6) is 0.137. The quantitative estimate of drug-likeness (QED) is 0.843. The molecule has 25 heavy (non-hydrogen) atoms. The van der Waals surface area contributed by atoms with E-state index in [1.807, 2.05) is 40.1 Å². The smallest absolute Gasteiger partial charge is 0.254 e. The molecule has 6 heteroatoms. The minimum atomic E-state index is -0.120. The molecular weight excluding hydrogens is 336 g/mol. The van der Waals surface area contributed by atoms with Crippen LogP contribution >= 0.6 is 11.3 Å². The Bertz CT molecular complexity index is 697. The Morgan fingerprint density at radius 2 is 2.28 bits per heavy atom. The van der Waals surface area contributed by atoms with Crippen LogP contribution in [-0.2, 0) is 16.1 Å². The third-order valence-electron chi connectivity index (χ3n) is 5.11. The van der Waals surface area contributed by atoms with Gasteiger partial charge in [-0.3, -0.25) is 9.78 Å². The van der Waals surface area contributed by atoms with E-state index >= 15 is 0 Å². The SMILES string of the molecule is O=C(c1ccsc1)N1CCC2(CC1)C[C@@H](OCc1cccnc1)CO2. The number of carbonyl (C=O) groups excluding carboxylic acids is 1. The Labute approximate surface area is 151 Å². The summed E-state index contributed by atoms with van der Waals surface area (Å²) in [6.07, 6.45) is 6.40. The molecule has 0 saturated carbocycles. The van der Waals surface area contributed by atoms with Gasteiger partial charge >= 0.3 is 0 Å². The molecule has 0 unspecified atom stereocenters. The Balaban J connectivity index is 1.28. The number of amides is 1. The van der Waals surface area contributed by atoms with Gasteiger partial charge in [0.15, 0.2) is 0 Å². The summed E-state index contributed by atoms with van der Waals surface area (Å²) in [6.45, 7) is 2.72. The molecule has 132 valence electrons. The molecule has 2 aromatic rings. The third-order valence-corrected chi connectivity index (χ3v) is 5.80. The van der Waals surface area contributed by atoms with E-state index < -0.39 is 0 Å². The Hall–Kier alpha value is -1.76. The Morgan fingerprint density at radius 1 is 1.40 bits per heavy atom. The van der Waals surface area contributed by atoms with Crippen molar-refractivity contribution in [1.82, 2.24) is 9.88 Å². The summed E-state index contributed by atoms with van der Waals surface area (Å²) >= 11 is 1.56. The van der Waals surface area contributed by atoms with Crippen molar-refractivity contribution >= 4 is 17.2 Å². The number of likely N-dealkylation sites (tertiary alicyclic amines) is 1. The van der Waals surface area contributed by atoms with Gasteiger partial charge in [-0.25, -0.2) is 0 Å². The number of pyridine rings is 1. The van der Waals surface area contributed by atoms with Crippen LogP contribution in [0, 0.1) is 0 Å². The van der Waals surface area contributed by atoms with E-state index in [-0.39, 0.29) is 17.6 Å². The van der Waals surface area contributed by atoms with E-state index in [4.69, 9.17) is 9.47 Å². The van der Waals surface area contributed by atoms with Crippen molar-refractivity contribution in [2.24, 2.45) is 0 Å². The molecule has 4 heterocycles. The van der Waals surface area contributed by atoms with E-state index in [0.717, 1.165) is 43.5 Å². The van der Waals surface area contributed by atoms with Crippen molar-refractivity contribution in [3.63, 3.8) is 0 Å². The lowest BCUT2D eigenvalue weighted by atomic mass is 9.88. The molecule has 4 rings (SSSR count). The summed E-state index contributed by atoms with van der Waals surface area (Å²) in [5, 5.41) is 3.87. The van der Waals surface area contributed by atoms with Gasteiger partial charge in [-0.15, -0.1) is 0 Å². The summed E-state index contributed by atoms with van der Waals surface area (Å²) < 4.78 is 12.1. The first-order valence-electron chi connectivity index (χ1n) is 8.70. The van der Waals surface area contributed by atoms with Crippen LogP contribution in [0.1, 0.15) is 35.2 Å². The van der Waals surface area contributed by atoms with Crippen molar-refractivity contribution in [2.45, 2.75) is 37.6 Å². The van der Waals surface area contributed by atoms with Crippen molar-refractivity contribution in [1.29, 1.82) is 0 Å². The summed E-state index contributed by atoms with van der Waals surface area (Å²) in [7, 11) is 0. The second kappa shape index (κ2) is 7.23. The van der Waals surface area contributed by atoms with E-state index in [9.17, 15) is 4.79 Å². The lowest BCUT2D eigenvalue weighted by Crippen LogP contribution is -2.46. The van der Waals surface area contributed by atoms with Crippen LogP contribution in [0.5, 0.6) is 0 Å². The van der Waals surface area contributed by atoms with Crippen molar-refractivity contribution in [2.75, 3.05) is 19.7 Å². The second-order valence-corrected chi connectivity index (χ2v) is 7.58. The maximum Gasteiger partial charge on any atom is 0.254 e. The van der Waals surface area contributed by atoms with Crippen LogP contribution in [0.4, 0.5) is 0 Å². The Kier molecular flexibility index (Phi) is 4.83. The van der Waals surface area contributed by atoms with Crippen LogP contribution in [-0.4, -0.2) is 47.2 Å². The number of rotatable bonds is 4. The lowest BCUT2D eigenvalue weighted by Gasteiger charge is -2.38. The zero-order valence-corrected chi connectivity index (χ0v) is 14.9. The predicted octanol–water partition coefficient (Wildman–Crippen LogP) is 3.12. The summed E-state index contributed by atoms with van der Waals surface area (Å²) in [5.41, 5.74) is 1.76. The van der Waals surface area contributed by atoms with Gasteiger partial charge in [-0.1, -0.05) is 6.07 Å². The first kappa shape index (κ1) is 16.7. The molecule has 2 aromatic heterocycles. The molecule has 0 bridgehead atoms. The molecule has 1 atom stereocenters. The number of hydrogen-bond acceptors (Lipinski definition) is 5. The molecule has 0 aliphatic carbocycles. The van der Waals surface area contributed by atoms with Gasteiger partial charge in [-0.05, 0) is 35.9 Å². The maximum atomic E-state index is 12.4. The van der Waals surface area contributed by atoms with Crippen LogP contribution < -0.4 is 0 Å². The fourth-order valence-electron chi connectivity index (χ4n) is 3.64. The number of nitrogens with zero attached hydrogens (tertiary/aromatic N) is 2. The first-order valence-corrected chi connectivity index (χ1v) is 9.64. The molecule has 2 aliphatic heterocycles. The van der Waals surface area contributed by atoms with Gasteiger partial charge in [-0.2, -0.15) is 11.3 Å². The fourth-order valence-corrected chi connectivity index (χ4v) is 4.27. The molecular formula is C19H22N2O3S.